The smallest absolute Gasteiger partial charge is 0.148 e. The Balaban J connectivity index is 2.11. The standard InChI is InChI=1S/C19H13IO/c1-12-5-2-6-13(11-12)14-7-3-8-15-16-9-4-10-17(20)19(16)21-18(14)15/h2-11H,1H3. The molecule has 102 valence electrons. The van der Waals surface area contributed by atoms with Gasteiger partial charge in [0.15, 0.2) is 0 Å². The number of aryl methyl sites for hydroxylation is 1. The summed E-state index contributed by atoms with van der Waals surface area (Å²) in [4.78, 5) is 0. The Bertz CT molecular complexity index is 966. The van der Waals surface area contributed by atoms with Gasteiger partial charge < -0.3 is 4.42 Å². The molecule has 1 heterocycles. The first-order valence-electron chi connectivity index (χ1n) is 6.91. The van der Waals surface area contributed by atoms with Gasteiger partial charge in [-0.3, -0.25) is 0 Å². The van der Waals surface area contributed by atoms with E-state index in [9.17, 15) is 0 Å². The Morgan fingerprint density at radius 3 is 2.33 bits per heavy atom. The van der Waals surface area contributed by atoms with E-state index in [-0.39, 0.29) is 0 Å². The molecule has 0 aliphatic carbocycles. The van der Waals surface area contributed by atoms with Crippen molar-refractivity contribution < 1.29 is 4.42 Å². The molecule has 0 aliphatic rings. The van der Waals surface area contributed by atoms with Gasteiger partial charge in [0, 0.05) is 16.3 Å². The summed E-state index contributed by atoms with van der Waals surface area (Å²) in [5.74, 6) is 0. The Morgan fingerprint density at radius 1 is 0.810 bits per heavy atom. The third kappa shape index (κ3) is 2.05. The van der Waals surface area contributed by atoms with Crippen LogP contribution in [0.25, 0.3) is 33.1 Å². The molecule has 3 aromatic carbocycles. The van der Waals surface area contributed by atoms with E-state index >= 15 is 0 Å². The van der Waals surface area contributed by atoms with E-state index in [2.05, 4.69) is 90.2 Å². The van der Waals surface area contributed by atoms with Gasteiger partial charge in [0.25, 0.3) is 0 Å². The number of halogens is 1. The number of benzene rings is 3. The van der Waals surface area contributed by atoms with Crippen molar-refractivity contribution in [2.45, 2.75) is 6.92 Å². The zero-order valence-corrected chi connectivity index (χ0v) is 13.7. The second-order valence-electron chi connectivity index (χ2n) is 5.27. The van der Waals surface area contributed by atoms with Crippen LogP contribution in [0.1, 0.15) is 5.56 Å². The van der Waals surface area contributed by atoms with Gasteiger partial charge >= 0.3 is 0 Å². The van der Waals surface area contributed by atoms with Crippen LogP contribution in [0.5, 0.6) is 0 Å². The molecular formula is C19H13IO. The summed E-state index contributed by atoms with van der Waals surface area (Å²) in [6, 6.07) is 21.2. The van der Waals surface area contributed by atoms with Gasteiger partial charge in [-0.1, -0.05) is 60.2 Å². The molecule has 4 rings (SSSR count). The van der Waals surface area contributed by atoms with Crippen LogP contribution in [-0.2, 0) is 0 Å². The average molecular weight is 384 g/mol. The maximum Gasteiger partial charge on any atom is 0.148 e. The fourth-order valence-corrected chi connectivity index (χ4v) is 3.43. The maximum absolute atomic E-state index is 6.20. The normalized spacial score (nSPS) is 11.3. The molecular weight excluding hydrogens is 371 g/mol. The zero-order chi connectivity index (χ0) is 14.4. The molecule has 0 saturated carbocycles. The van der Waals surface area contributed by atoms with Crippen LogP contribution in [-0.4, -0.2) is 0 Å². The van der Waals surface area contributed by atoms with Gasteiger partial charge in [-0.2, -0.15) is 0 Å². The van der Waals surface area contributed by atoms with Crippen molar-refractivity contribution in [2.75, 3.05) is 0 Å². The molecule has 0 saturated heterocycles. The van der Waals surface area contributed by atoms with Crippen molar-refractivity contribution in [3.63, 3.8) is 0 Å². The summed E-state index contributed by atoms with van der Waals surface area (Å²) >= 11 is 2.33. The molecule has 21 heavy (non-hydrogen) atoms. The SMILES string of the molecule is Cc1cccc(-c2cccc3c2oc2c(I)cccc23)c1. The number of furan rings is 1. The lowest BCUT2D eigenvalue weighted by molar-refractivity contribution is 0.667. The van der Waals surface area contributed by atoms with Crippen LogP contribution in [0.2, 0.25) is 0 Å². The van der Waals surface area contributed by atoms with Gasteiger partial charge in [-0.15, -0.1) is 0 Å². The highest BCUT2D eigenvalue weighted by atomic mass is 127. The molecule has 0 aliphatic heterocycles. The van der Waals surface area contributed by atoms with Gasteiger partial charge in [0.05, 0.1) is 3.57 Å². The molecule has 4 aromatic rings. The van der Waals surface area contributed by atoms with Crippen molar-refractivity contribution in [1.29, 1.82) is 0 Å². The van der Waals surface area contributed by atoms with Crippen molar-refractivity contribution in [3.05, 3.63) is 69.8 Å². The van der Waals surface area contributed by atoms with E-state index in [1.165, 1.54) is 21.9 Å². The minimum atomic E-state index is 0.974. The summed E-state index contributed by atoms with van der Waals surface area (Å²) < 4.78 is 7.35. The second kappa shape index (κ2) is 4.88. The van der Waals surface area contributed by atoms with Gasteiger partial charge in [0.1, 0.15) is 11.2 Å². The predicted molar refractivity (Wildman–Crippen MR) is 96.6 cm³/mol. The molecule has 2 heteroatoms. The van der Waals surface area contributed by atoms with E-state index in [0.717, 1.165) is 20.3 Å². The Hall–Kier alpha value is -1.81. The molecule has 0 fully saturated rings. The maximum atomic E-state index is 6.20. The van der Waals surface area contributed by atoms with Crippen LogP contribution in [0.3, 0.4) is 0 Å². The largest absolute Gasteiger partial charge is 0.454 e. The minimum absolute atomic E-state index is 0.974. The molecule has 1 aromatic heterocycles. The molecule has 0 spiro atoms. The van der Waals surface area contributed by atoms with Crippen LogP contribution in [0.15, 0.2) is 65.1 Å². The molecule has 0 unspecified atom stereocenters. The lowest BCUT2D eigenvalue weighted by atomic mass is 10.0. The van der Waals surface area contributed by atoms with E-state index in [0.29, 0.717) is 0 Å². The summed E-state index contributed by atoms with van der Waals surface area (Å²) in [5.41, 5.74) is 5.57. The number of rotatable bonds is 1. The van der Waals surface area contributed by atoms with E-state index in [1.807, 2.05) is 0 Å². The number of para-hydroxylation sites is 2. The van der Waals surface area contributed by atoms with E-state index in [1.54, 1.807) is 0 Å². The van der Waals surface area contributed by atoms with Crippen LogP contribution in [0, 0.1) is 10.5 Å². The van der Waals surface area contributed by atoms with Gasteiger partial charge in [0.2, 0.25) is 0 Å². The highest BCUT2D eigenvalue weighted by molar-refractivity contribution is 14.1. The van der Waals surface area contributed by atoms with Crippen molar-refractivity contribution >= 4 is 44.5 Å². The highest BCUT2D eigenvalue weighted by Crippen LogP contribution is 2.37. The first kappa shape index (κ1) is 12.9. The van der Waals surface area contributed by atoms with Gasteiger partial charge in [-0.25, -0.2) is 0 Å². The first-order chi connectivity index (χ1) is 10.2. The minimum Gasteiger partial charge on any atom is -0.454 e. The number of fused-ring (bicyclic) bond motifs is 3. The topological polar surface area (TPSA) is 13.1 Å². The third-order valence-electron chi connectivity index (χ3n) is 3.81. The fraction of sp³-hybridized carbons (Fsp3) is 0.0526. The lowest BCUT2D eigenvalue weighted by Crippen LogP contribution is -1.80. The molecule has 0 N–H and O–H groups in total. The molecule has 0 atom stereocenters. The van der Waals surface area contributed by atoms with Crippen LogP contribution < -0.4 is 0 Å². The van der Waals surface area contributed by atoms with E-state index < -0.39 is 0 Å². The third-order valence-corrected chi connectivity index (χ3v) is 4.65. The Labute approximate surface area is 136 Å². The summed E-state index contributed by atoms with van der Waals surface area (Å²) in [5, 5.41) is 2.37. The predicted octanol–water partition coefficient (Wildman–Crippen LogP) is 6.17. The average Bonchev–Trinajstić information content (AvgIpc) is 2.87. The van der Waals surface area contributed by atoms with Crippen LogP contribution >= 0.6 is 22.6 Å². The van der Waals surface area contributed by atoms with Crippen molar-refractivity contribution in [1.82, 2.24) is 0 Å². The van der Waals surface area contributed by atoms with Crippen molar-refractivity contribution in [2.24, 2.45) is 0 Å². The molecule has 1 nitrogen and oxygen atoms in total. The summed E-state index contributed by atoms with van der Waals surface area (Å²) in [6.07, 6.45) is 0. The number of hydrogen-bond donors (Lipinski definition) is 0. The lowest BCUT2D eigenvalue weighted by Gasteiger charge is -2.03. The molecule has 0 radical (unpaired) electrons. The van der Waals surface area contributed by atoms with Crippen molar-refractivity contribution in [3.8, 4) is 11.1 Å². The quantitative estimate of drug-likeness (QED) is 0.358. The zero-order valence-electron chi connectivity index (χ0n) is 11.6. The number of hydrogen-bond acceptors (Lipinski definition) is 1. The monoisotopic (exact) mass is 384 g/mol. The first-order valence-corrected chi connectivity index (χ1v) is 7.99. The molecule has 0 amide bonds. The van der Waals surface area contributed by atoms with E-state index in [4.69, 9.17) is 4.42 Å². The Kier molecular flexibility index (Phi) is 3.00. The fourth-order valence-electron chi connectivity index (χ4n) is 2.83. The highest BCUT2D eigenvalue weighted by Gasteiger charge is 2.13. The second-order valence-corrected chi connectivity index (χ2v) is 6.43. The molecule has 0 bridgehead atoms. The summed E-state index contributed by atoms with van der Waals surface area (Å²) in [7, 11) is 0. The Morgan fingerprint density at radius 2 is 1.52 bits per heavy atom. The summed E-state index contributed by atoms with van der Waals surface area (Å²) in [6.45, 7) is 2.12. The van der Waals surface area contributed by atoms with Gasteiger partial charge in [-0.05, 0) is 41.1 Å². The van der Waals surface area contributed by atoms with Crippen LogP contribution in [0.4, 0.5) is 0 Å².